The van der Waals surface area contributed by atoms with Crippen molar-refractivity contribution in [3.8, 4) is 0 Å². The topological polar surface area (TPSA) is 35.6 Å². The molecule has 1 aliphatic heterocycles. The highest BCUT2D eigenvalue weighted by Crippen LogP contribution is 2.27. The molecule has 1 heterocycles. The second-order valence-corrected chi connectivity index (χ2v) is 7.07. The fraction of sp³-hybridized carbons (Fsp3) is 0.381. The van der Waals surface area contributed by atoms with E-state index in [0.29, 0.717) is 24.8 Å². The van der Waals surface area contributed by atoms with Gasteiger partial charge in [0.15, 0.2) is 0 Å². The molecule has 2 aliphatic rings. The first kappa shape index (κ1) is 17.0. The van der Waals surface area contributed by atoms with E-state index in [0.717, 1.165) is 31.5 Å². The number of nitrogens with zero attached hydrogens (tertiary/aromatic N) is 2. The summed E-state index contributed by atoms with van der Waals surface area (Å²) < 4.78 is 14.1. The third kappa shape index (κ3) is 3.73. The number of nitrogens with one attached hydrogen (secondary N) is 1. The minimum atomic E-state index is -0.278. The Hall–Kier alpha value is -2.40. The van der Waals surface area contributed by atoms with Crippen molar-refractivity contribution < 1.29 is 9.18 Å². The molecular weight excluding hydrogens is 329 g/mol. The van der Waals surface area contributed by atoms with Crippen molar-refractivity contribution in [2.45, 2.75) is 24.9 Å². The summed E-state index contributed by atoms with van der Waals surface area (Å²) in [7, 11) is 0. The molecule has 0 spiro atoms. The van der Waals surface area contributed by atoms with Crippen molar-refractivity contribution >= 4 is 11.6 Å². The summed E-state index contributed by atoms with van der Waals surface area (Å²) in [5.41, 5.74) is 1.66. The molecule has 2 aromatic rings. The normalized spacial score (nSPS) is 19.2. The van der Waals surface area contributed by atoms with Crippen LogP contribution in [0.15, 0.2) is 54.6 Å². The number of halogens is 1. The fourth-order valence-corrected chi connectivity index (χ4v) is 3.60. The van der Waals surface area contributed by atoms with Crippen LogP contribution in [0.3, 0.4) is 0 Å². The molecule has 1 unspecified atom stereocenters. The highest BCUT2D eigenvalue weighted by Gasteiger charge is 2.33. The molecule has 2 aromatic carbocycles. The summed E-state index contributed by atoms with van der Waals surface area (Å²) in [6.07, 6.45) is 2.16. The van der Waals surface area contributed by atoms with Crippen LogP contribution in [0.5, 0.6) is 0 Å². The van der Waals surface area contributed by atoms with Gasteiger partial charge in [-0.3, -0.25) is 9.69 Å². The first-order chi connectivity index (χ1) is 12.7. The first-order valence-electron chi connectivity index (χ1n) is 9.31. The predicted molar refractivity (Wildman–Crippen MR) is 101 cm³/mol. The van der Waals surface area contributed by atoms with Gasteiger partial charge in [-0.1, -0.05) is 42.5 Å². The van der Waals surface area contributed by atoms with Gasteiger partial charge in [-0.2, -0.15) is 0 Å². The lowest BCUT2D eigenvalue weighted by atomic mass is 10.0. The monoisotopic (exact) mass is 353 g/mol. The molecule has 4 rings (SSSR count). The zero-order valence-electron chi connectivity index (χ0n) is 14.8. The maximum absolute atomic E-state index is 14.1. The number of hydrogen-bond donors (Lipinski definition) is 1. The van der Waals surface area contributed by atoms with Crippen LogP contribution in [-0.2, 0) is 4.79 Å². The van der Waals surface area contributed by atoms with Gasteiger partial charge >= 0.3 is 0 Å². The van der Waals surface area contributed by atoms with Gasteiger partial charge in [0.1, 0.15) is 11.9 Å². The molecule has 5 heteroatoms. The Morgan fingerprint density at radius 3 is 2.27 bits per heavy atom. The minimum absolute atomic E-state index is 0.0815. The number of benzene rings is 2. The van der Waals surface area contributed by atoms with Gasteiger partial charge in [0.25, 0.3) is 0 Å². The molecule has 4 nitrogen and oxygen atoms in total. The number of anilines is 1. The van der Waals surface area contributed by atoms with Gasteiger partial charge < -0.3 is 10.2 Å². The van der Waals surface area contributed by atoms with Crippen molar-refractivity contribution in [3.05, 3.63) is 66.0 Å². The Kier molecular flexibility index (Phi) is 4.89. The molecule has 1 aliphatic carbocycles. The first-order valence-corrected chi connectivity index (χ1v) is 9.31. The minimum Gasteiger partial charge on any atom is -0.367 e. The van der Waals surface area contributed by atoms with Crippen LogP contribution >= 0.6 is 0 Å². The molecule has 1 atom stereocenters. The second kappa shape index (κ2) is 7.46. The highest BCUT2D eigenvalue weighted by molar-refractivity contribution is 5.83. The number of hydrogen-bond acceptors (Lipinski definition) is 3. The lowest BCUT2D eigenvalue weighted by Gasteiger charge is -2.39. The van der Waals surface area contributed by atoms with E-state index >= 15 is 0 Å². The maximum atomic E-state index is 14.1. The van der Waals surface area contributed by atoms with E-state index in [1.165, 1.54) is 6.07 Å². The molecule has 1 saturated heterocycles. The van der Waals surface area contributed by atoms with Crippen molar-refractivity contribution in [1.29, 1.82) is 0 Å². The van der Waals surface area contributed by atoms with Crippen molar-refractivity contribution in [2.24, 2.45) is 0 Å². The number of amides is 1. The molecule has 26 heavy (non-hydrogen) atoms. The van der Waals surface area contributed by atoms with Gasteiger partial charge in [-0.15, -0.1) is 0 Å². The van der Waals surface area contributed by atoms with Gasteiger partial charge in [0.2, 0.25) is 5.91 Å². The largest absolute Gasteiger partial charge is 0.367 e. The smallest absolute Gasteiger partial charge is 0.242 e. The molecule has 1 N–H and O–H groups in total. The van der Waals surface area contributed by atoms with E-state index in [1.807, 2.05) is 42.5 Å². The van der Waals surface area contributed by atoms with E-state index in [9.17, 15) is 9.18 Å². The predicted octanol–water partition coefficient (Wildman–Crippen LogP) is 2.97. The van der Waals surface area contributed by atoms with Crippen LogP contribution in [-0.4, -0.2) is 43.0 Å². The number of para-hydroxylation sites is 1. The van der Waals surface area contributed by atoms with Gasteiger partial charge in [0.05, 0.1) is 5.69 Å². The average molecular weight is 353 g/mol. The van der Waals surface area contributed by atoms with Crippen LogP contribution in [0.25, 0.3) is 0 Å². The van der Waals surface area contributed by atoms with Crippen molar-refractivity contribution in [1.82, 2.24) is 10.2 Å². The summed E-state index contributed by atoms with van der Waals surface area (Å²) in [4.78, 5) is 17.1. The number of piperazine rings is 1. The third-order valence-electron chi connectivity index (χ3n) is 5.16. The highest BCUT2D eigenvalue weighted by atomic mass is 19.1. The van der Waals surface area contributed by atoms with E-state index < -0.39 is 0 Å². The average Bonchev–Trinajstić information content (AvgIpc) is 3.48. The van der Waals surface area contributed by atoms with Crippen LogP contribution in [0.1, 0.15) is 24.4 Å². The summed E-state index contributed by atoms with van der Waals surface area (Å²) in [5, 5.41) is 3.15. The molecule has 1 amide bonds. The zero-order valence-corrected chi connectivity index (χ0v) is 14.8. The fourth-order valence-electron chi connectivity index (χ4n) is 3.60. The van der Waals surface area contributed by atoms with Crippen LogP contribution in [0.2, 0.25) is 0 Å². The quantitative estimate of drug-likeness (QED) is 0.898. The molecule has 0 bridgehead atoms. The lowest BCUT2D eigenvalue weighted by Crippen LogP contribution is -2.51. The van der Waals surface area contributed by atoms with Crippen molar-refractivity contribution in [3.63, 3.8) is 0 Å². The molecule has 0 aromatic heterocycles. The molecule has 0 radical (unpaired) electrons. The summed E-state index contributed by atoms with van der Waals surface area (Å²) in [5.74, 6) is -0.106. The maximum Gasteiger partial charge on any atom is 0.242 e. The van der Waals surface area contributed by atoms with Crippen molar-refractivity contribution in [2.75, 3.05) is 31.1 Å². The lowest BCUT2D eigenvalue weighted by molar-refractivity contribution is -0.127. The Morgan fingerprint density at radius 1 is 0.962 bits per heavy atom. The second-order valence-electron chi connectivity index (χ2n) is 7.07. The summed E-state index contributed by atoms with van der Waals surface area (Å²) in [6.45, 7) is 2.87. The molecule has 1 saturated carbocycles. The van der Waals surface area contributed by atoms with Crippen LogP contribution < -0.4 is 10.2 Å². The van der Waals surface area contributed by atoms with Gasteiger partial charge in [-0.25, -0.2) is 4.39 Å². The van der Waals surface area contributed by atoms with Crippen LogP contribution in [0.4, 0.5) is 10.1 Å². The number of carbonyl (C=O) groups excluding carboxylic acids is 1. The van der Waals surface area contributed by atoms with E-state index in [-0.39, 0.29) is 17.8 Å². The standard InChI is InChI=1S/C21H24FN3O/c22-18-8-4-5-9-19(18)24-12-14-25(15-13-24)20(16-6-2-1-3-7-16)21(26)23-17-10-11-17/h1-9,17,20H,10-15H2,(H,23,26). The summed E-state index contributed by atoms with van der Waals surface area (Å²) >= 11 is 0. The summed E-state index contributed by atoms with van der Waals surface area (Å²) in [6, 6.07) is 16.9. The van der Waals surface area contributed by atoms with E-state index in [4.69, 9.17) is 0 Å². The number of rotatable bonds is 5. The Labute approximate surface area is 153 Å². The van der Waals surface area contributed by atoms with Gasteiger partial charge in [0, 0.05) is 32.2 Å². The SMILES string of the molecule is O=C(NC1CC1)C(c1ccccc1)N1CCN(c2ccccc2F)CC1. The Morgan fingerprint density at radius 2 is 1.62 bits per heavy atom. The zero-order chi connectivity index (χ0) is 17.9. The van der Waals surface area contributed by atoms with E-state index in [1.54, 1.807) is 6.07 Å². The van der Waals surface area contributed by atoms with Crippen LogP contribution in [0, 0.1) is 5.82 Å². The number of carbonyl (C=O) groups is 1. The Balaban J connectivity index is 1.49. The van der Waals surface area contributed by atoms with E-state index in [2.05, 4.69) is 15.1 Å². The molecule has 136 valence electrons. The third-order valence-corrected chi connectivity index (χ3v) is 5.16. The molecular formula is C21H24FN3O. The molecule has 2 fully saturated rings. The Bertz CT molecular complexity index is 755. The van der Waals surface area contributed by atoms with Gasteiger partial charge in [-0.05, 0) is 30.5 Å².